The summed E-state index contributed by atoms with van der Waals surface area (Å²) in [6.07, 6.45) is 2.63. The van der Waals surface area contributed by atoms with Gasteiger partial charge >= 0.3 is 0 Å². The summed E-state index contributed by atoms with van der Waals surface area (Å²) in [5, 5.41) is 7.15. The van der Waals surface area contributed by atoms with E-state index in [2.05, 4.69) is 24.5 Å². The topological polar surface area (TPSA) is 42.5 Å². The van der Waals surface area contributed by atoms with Gasteiger partial charge in [-0.3, -0.25) is 0 Å². The molecule has 2 N–H and O–H groups in total. The largest absolute Gasteiger partial charge is 0.379 e. The molecular formula is C12H24N2O2. The molecule has 0 radical (unpaired) electrons. The molecular weight excluding hydrogens is 204 g/mol. The zero-order valence-electron chi connectivity index (χ0n) is 10.4. The average molecular weight is 228 g/mol. The molecule has 0 saturated carbocycles. The van der Waals surface area contributed by atoms with Gasteiger partial charge in [0.15, 0.2) is 0 Å². The second kappa shape index (κ2) is 5.96. The number of nitrogens with one attached hydrogen (secondary N) is 2. The summed E-state index contributed by atoms with van der Waals surface area (Å²) in [5.74, 6) is 0. The van der Waals surface area contributed by atoms with Crippen molar-refractivity contribution >= 4 is 0 Å². The molecule has 94 valence electrons. The van der Waals surface area contributed by atoms with Crippen molar-refractivity contribution in [2.45, 2.75) is 50.9 Å². The van der Waals surface area contributed by atoms with E-state index in [-0.39, 0.29) is 0 Å². The predicted molar refractivity (Wildman–Crippen MR) is 63.6 cm³/mol. The fourth-order valence-corrected chi connectivity index (χ4v) is 2.58. The van der Waals surface area contributed by atoms with E-state index in [1.54, 1.807) is 0 Å². The van der Waals surface area contributed by atoms with E-state index in [1.165, 1.54) is 0 Å². The summed E-state index contributed by atoms with van der Waals surface area (Å²) in [7, 11) is 0. The van der Waals surface area contributed by atoms with Crippen molar-refractivity contribution in [2.24, 2.45) is 0 Å². The number of hydrogen-bond acceptors (Lipinski definition) is 4. The van der Waals surface area contributed by atoms with Crippen LogP contribution < -0.4 is 10.6 Å². The summed E-state index contributed by atoms with van der Waals surface area (Å²) in [6, 6.07) is 1.56. The predicted octanol–water partition coefficient (Wildman–Crippen LogP) is 0.520. The first-order chi connectivity index (χ1) is 7.75. The molecule has 0 aromatic rings. The minimum atomic E-state index is 0.359. The van der Waals surface area contributed by atoms with Crippen LogP contribution in [0.4, 0.5) is 0 Å². The lowest BCUT2D eigenvalue weighted by atomic mass is 10.1. The van der Waals surface area contributed by atoms with Gasteiger partial charge in [0.2, 0.25) is 0 Å². The highest BCUT2D eigenvalue weighted by atomic mass is 16.5. The van der Waals surface area contributed by atoms with Gasteiger partial charge in [-0.25, -0.2) is 0 Å². The van der Waals surface area contributed by atoms with Crippen LogP contribution in [0.1, 0.15) is 26.7 Å². The van der Waals surface area contributed by atoms with E-state index < -0.39 is 0 Å². The Morgan fingerprint density at radius 3 is 2.94 bits per heavy atom. The quantitative estimate of drug-likeness (QED) is 0.736. The summed E-state index contributed by atoms with van der Waals surface area (Å²) in [5.41, 5.74) is 0. The minimum Gasteiger partial charge on any atom is -0.379 e. The van der Waals surface area contributed by atoms with Crippen molar-refractivity contribution in [1.29, 1.82) is 0 Å². The number of ether oxygens (including phenoxy) is 2. The van der Waals surface area contributed by atoms with Crippen LogP contribution in [0.15, 0.2) is 0 Å². The Morgan fingerprint density at radius 1 is 1.44 bits per heavy atom. The molecule has 2 aliphatic heterocycles. The van der Waals surface area contributed by atoms with Crippen molar-refractivity contribution in [1.82, 2.24) is 10.6 Å². The first kappa shape index (κ1) is 12.3. The van der Waals surface area contributed by atoms with Crippen molar-refractivity contribution in [3.8, 4) is 0 Å². The van der Waals surface area contributed by atoms with Crippen LogP contribution in [0.25, 0.3) is 0 Å². The van der Waals surface area contributed by atoms with Gasteiger partial charge in [0.05, 0.1) is 19.3 Å². The Balaban J connectivity index is 1.68. The monoisotopic (exact) mass is 228 g/mol. The Morgan fingerprint density at radius 2 is 2.31 bits per heavy atom. The molecule has 2 fully saturated rings. The van der Waals surface area contributed by atoms with E-state index in [1.807, 2.05) is 0 Å². The molecule has 0 aromatic carbocycles. The van der Waals surface area contributed by atoms with Crippen LogP contribution in [0.3, 0.4) is 0 Å². The third kappa shape index (κ3) is 3.42. The lowest BCUT2D eigenvalue weighted by Gasteiger charge is -2.28. The highest BCUT2D eigenvalue weighted by Gasteiger charge is 2.26. The van der Waals surface area contributed by atoms with Crippen LogP contribution in [0, 0.1) is 0 Å². The summed E-state index contributed by atoms with van der Waals surface area (Å²) in [6.45, 7) is 7.99. The Hall–Kier alpha value is -0.160. The number of morpholine rings is 1. The second-order valence-electron chi connectivity index (χ2n) is 5.00. The van der Waals surface area contributed by atoms with Crippen LogP contribution in [0.2, 0.25) is 0 Å². The Labute approximate surface area is 98.1 Å². The molecule has 16 heavy (non-hydrogen) atoms. The van der Waals surface area contributed by atoms with E-state index in [4.69, 9.17) is 9.47 Å². The van der Waals surface area contributed by atoms with Gasteiger partial charge in [0.25, 0.3) is 0 Å². The molecule has 0 bridgehead atoms. The molecule has 4 unspecified atom stereocenters. The highest BCUT2D eigenvalue weighted by molar-refractivity contribution is 4.84. The van der Waals surface area contributed by atoms with Gasteiger partial charge in [-0.15, -0.1) is 0 Å². The van der Waals surface area contributed by atoms with Crippen molar-refractivity contribution in [3.63, 3.8) is 0 Å². The summed E-state index contributed by atoms with van der Waals surface area (Å²) in [4.78, 5) is 0. The van der Waals surface area contributed by atoms with E-state index in [0.717, 1.165) is 39.2 Å². The average Bonchev–Trinajstić information content (AvgIpc) is 2.66. The molecule has 2 rings (SSSR count). The molecule has 0 amide bonds. The molecule has 0 spiro atoms. The third-order valence-electron chi connectivity index (χ3n) is 3.51. The smallest absolute Gasteiger partial charge is 0.0700 e. The fraction of sp³-hybridized carbons (Fsp3) is 1.00. The molecule has 4 atom stereocenters. The highest BCUT2D eigenvalue weighted by Crippen LogP contribution is 2.14. The maximum Gasteiger partial charge on any atom is 0.0700 e. The van der Waals surface area contributed by atoms with Gasteiger partial charge in [-0.05, 0) is 26.7 Å². The first-order valence-electron chi connectivity index (χ1n) is 6.44. The maximum atomic E-state index is 5.55. The fourth-order valence-electron chi connectivity index (χ4n) is 2.58. The van der Waals surface area contributed by atoms with Crippen LogP contribution >= 0.6 is 0 Å². The number of rotatable bonds is 4. The molecule has 2 saturated heterocycles. The van der Waals surface area contributed by atoms with Crippen molar-refractivity contribution < 1.29 is 9.47 Å². The zero-order chi connectivity index (χ0) is 11.4. The molecule has 0 aromatic heterocycles. The molecule has 4 heteroatoms. The van der Waals surface area contributed by atoms with E-state index in [9.17, 15) is 0 Å². The second-order valence-corrected chi connectivity index (χ2v) is 5.00. The minimum absolute atomic E-state index is 0.359. The lowest BCUT2D eigenvalue weighted by Crippen LogP contribution is -2.47. The van der Waals surface area contributed by atoms with Crippen LogP contribution in [0.5, 0.6) is 0 Å². The number of hydrogen-bond donors (Lipinski definition) is 2. The normalized spacial score (nSPS) is 37.5. The van der Waals surface area contributed by atoms with Crippen LogP contribution in [-0.2, 0) is 9.47 Å². The lowest BCUT2D eigenvalue weighted by molar-refractivity contribution is 0.0693. The van der Waals surface area contributed by atoms with Crippen LogP contribution in [-0.4, -0.2) is 50.6 Å². The third-order valence-corrected chi connectivity index (χ3v) is 3.51. The van der Waals surface area contributed by atoms with Gasteiger partial charge in [-0.1, -0.05) is 0 Å². The van der Waals surface area contributed by atoms with Gasteiger partial charge in [-0.2, -0.15) is 0 Å². The van der Waals surface area contributed by atoms with Crippen molar-refractivity contribution in [2.75, 3.05) is 26.4 Å². The standard InChI is InChI=1S/C12H24N2O2/c1-9(7-11-8-15-6-4-13-11)14-12-3-5-16-10(12)2/h9-14H,3-8H2,1-2H3. The Bertz CT molecular complexity index is 207. The molecule has 4 nitrogen and oxygen atoms in total. The van der Waals surface area contributed by atoms with Gasteiger partial charge in [0, 0.05) is 31.3 Å². The maximum absolute atomic E-state index is 5.55. The van der Waals surface area contributed by atoms with Gasteiger partial charge in [0.1, 0.15) is 0 Å². The Kier molecular flexibility index (Phi) is 4.58. The van der Waals surface area contributed by atoms with E-state index in [0.29, 0.717) is 24.2 Å². The van der Waals surface area contributed by atoms with Crippen molar-refractivity contribution in [3.05, 3.63) is 0 Å². The molecule has 2 aliphatic rings. The van der Waals surface area contributed by atoms with E-state index >= 15 is 0 Å². The summed E-state index contributed by atoms with van der Waals surface area (Å²) < 4.78 is 11.0. The first-order valence-corrected chi connectivity index (χ1v) is 6.44. The molecule has 0 aliphatic carbocycles. The zero-order valence-corrected chi connectivity index (χ0v) is 10.4. The molecule has 2 heterocycles. The van der Waals surface area contributed by atoms with Gasteiger partial charge < -0.3 is 20.1 Å². The SMILES string of the molecule is CC(CC1COCCN1)NC1CCOC1C. The summed E-state index contributed by atoms with van der Waals surface area (Å²) >= 11 is 0.